The second-order valence-corrected chi connectivity index (χ2v) is 7.80. The quantitative estimate of drug-likeness (QED) is 0.418. The second-order valence-electron chi connectivity index (χ2n) is 7.80. The Balaban J connectivity index is 1.52. The molecule has 2 aromatic carbocycles. The number of fused-ring (bicyclic) bond motifs is 2. The van der Waals surface area contributed by atoms with E-state index in [2.05, 4.69) is 26.9 Å². The number of aryl methyl sites for hydroxylation is 1. The molecule has 0 aliphatic heterocycles. The molecule has 2 heterocycles. The summed E-state index contributed by atoms with van der Waals surface area (Å²) in [6.07, 6.45) is 6.83. The molecule has 0 saturated heterocycles. The summed E-state index contributed by atoms with van der Waals surface area (Å²) >= 11 is 0. The van der Waals surface area contributed by atoms with Crippen LogP contribution in [-0.2, 0) is 11.2 Å². The van der Waals surface area contributed by atoms with Crippen molar-refractivity contribution in [3.63, 3.8) is 0 Å². The molecule has 1 aliphatic carbocycles. The molecule has 1 amide bonds. The fraction of sp³-hybridized carbons (Fsp3) is 0.208. The number of carbonyl (C=O) groups is 1. The highest BCUT2D eigenvalue weighted by molar-refractivity contribution is 5.80. The zero-order valence-corrected chi connectivity index (χ0v) is 18.0. The smallest absolute Gasteiger partial charge is 0.257 e. The third-order valence-electron chi connectivity index (χ3n) is 5.77. The first-order chi connectivity index (χ1) is 16.2. The lowest BCUT2D eigenvalue weighted by Crippen LogP contribution is -2.24. The van der Waals surface area contributed by atoms with Gasteiger partial charge >= 0.3 is 0 Å². The molecule has 33 heavy (non-hydrogen) atoms. The minimum Gasteiger partial charge on any atom is -0.484 e. The van der Waals surface area contributed by atoms with Crippen molar-refractivity contribution < 1.29 is 9.53 Å². The van der Waals surface area contributed by atoms with Crippen LogP contribution in [0, 0.1) is 4.91 Å². The number of amides is 1. The zero-order valence-electron chi connectivity index (χ0n) is 18.0. The maximum absolute atomic E-state index is 11.5. The summed E-state index contributed by atoms with van der Waals surface area (Å²) in [5.41, 5.74) is 5.28. The summed E-state index contributed by atoms with van der Waals surface area (Å²) in [7, 11) is 1.57. The van der Waals surface area contributed by atoms with Crippen molar-refractivity contribution in [2.45, 2.75) is 18.9 Å². The van der Waals surface area contributed by atoms with Crippen molar-refractivity contribution >= 4 is 23.1 Å². The standard InChI is InChI=1S/C24H22N6O3/c1-25-22(31)14-33-18-4-2-3-16(12-18)23-24(30-10-9-26-13-21(30)28-23)27-17-6-7-19-15(11-17)5-8-20(19)29-32/h2-4,6-7,9-13,20,27H,5,8,14H2,1H3,(H,25,31). The number of hydrogen-bond acceptors (Lipinski definition) is 7. The van der Waals surface area contributed by atoms with E-state index in [4.69, 9.17) is 9.72 Å². The molecule has 0 bridgehead atoms. The monoisotopic (exact) mass is 442 g/mol. The minimum atomic E-state index is -0.260. The molecule has 9 nitrogen and oxygen atoms in total. The highest BCUT2D eigenvalue weighted by atomic mass is 16.5. The van der Waals surface area contributed by atoms with E-state index in [0.29, 0.717) is 11.4 Å². The molecular formula is C24H22N6O3. The van der Waals surface area contributed by atoms with Gasteiger partial charge in [-0.3, -0.25) is 14.2 Å². The molecule has 1 atom stereocenters. The molecule has 0 fully saturated rings. The van der Waals surface area contributed by atoms with Gasteiger partial charge in [-0.1, -0.05) is 23.4 Å². The number of nitroso groups, excluding NO2 is 1. The molecule has 0 radical (unpaired) electrons. The lowest BCUT2D eigenvalue weighted by molar-refractivity contribution is -0.122. The van der Waals surface area contributed by atoms with E-state index >= 15 is 0 Å². The first-order valence-corrected chi connectivity index (χ1v) is 10.6. The van der Waals surface area contributed by atoms with Crippen molar-refractivity contribution in [3.8, 4) is 17.0 Å². The van der Waals surface area contributed by atoms with Crippen LogP contribution in [0.5, 0.6) is 5.75 Å². The minimum absolute atomic E-state index is 0.0636. The molecule has 0 spiro atoms. The topological polar surface area (TPSA) is 110 Å². The van der Waals surface area contributed by atoms with E-state index in [1.165, 1.54) is 0 Å². The van der Waals surface area contributed by atoms with Crippen LogP contribution in [0.2, 0.25) is 0 Å². The Bertz CT molecular complexity index is 1350. The third-order valence-corrected chi connectivity index (χ3v) is 5.77. The average Bonchev–Trinajstić information content (AvgIpc) is 3.44. The number of carbonyl (C=O) groups excluding carboxylic acids is 1. The van der Waals surface area contributed by atoms with Crippen molar-refractivity contribution in [3.05, 3.63) is 77.1 Å². The molecular weight excluding hydrogens is 420 g/mol. The molecule has 9 heteroatoms. The Labute approximate surface area is 189 Å². The maximum atomic E-state index is 11.5. The van der Waals surface area contributed by atoms with E-state index in [1.807, 2.05) is 40.9 Å². The SMILES string of the molecule is CNC(=O)COc1cccc(-c2nc3cnccn3c2Nc2ccc3c(c2)CCC3N=O)c1. The van der Waals surface area contributed by atoms with E-state index in [9.17, 15) is 9.70 Å². The van der Waals surface area contributed by atoms with E-state index in [0.717, 1.165) is 46.7 Å². The van der Waals surface area contributed by atoms with Crippen LogP contribution in [0.15, 0.2) is 66.2 Å². The van der Waals surface area contributed by atoms with Crippen molar-refractivity contribution in [1.29, 1.82) is 0 Å². The molecule has 0 saturated carbocycles. The fourth-order valence-corrected chi connectivity index (χ4v) is 4.10. The highest BCUT2D eigenvalue weighted by Gasteiger charge is 2.24. The number of aromatic nitrogens is 3. The molecule has 2 N–H and O–H groups in total. The first kappa shape index (κ1) is 20.6. The fourth-order valence-electron chi connectivity index (χ4n) is 4.10. The Hall–Kier alpha value is -4.27. The molecule has 1 aliphatic rings. The summed E-state index contributed by atoms with van der Waals surface area (Å²) in [4.78, 5) is 31.6. The molecule has 4 aromatic rings. The number of likely N-dealkylation sites (N-methyl/N-ethyl adjacent to an activating group) is 1. The van der Waals surface area contributed by atoms with Crippen LogP contribution in [-0.4, -0.2) is 33.9 Å². The number of ether oxygens (including phenoxy) is 1. The number of nitrogens with one attached hydrogen (secondary N) is 2. The molecule has 5 rings (SSSR count). The maximum Gasteiger partial charge on any atom is 0.257 e. The van der Waals surface area contributed by atoms with Crippen LogP contribution >= 0.6 is 0 Å². The van der Waals surface area contributed by atoms with Gasteiger partial charge in [0.25, 0.3) is 5.91 Å². The first-order valence-electron chi connectivity index (χ1n) is 10.6. The number of rotatable bonds is 7. The van der Waals surface area contributed by atoms with E-state index in [1.54, 1.807) is 25.5 Å². The Morgan fingerprint density at radius 1 is 1.27 bits per heavy atom. The predicted octanol–water partition coefficient (Wildman–Crippen LogP) is 4.02. The summed E-state index contributed by atoms with van der Waals surface area (Å²) in [6, 6.07) is 13.2. The number of anilines is 2. The Morgan fingerprint density at radius 3 is 3.03 bits per heavy atom. The molecule has 1 unspecified atom stereocenters. The lowest BCUT2D eigenvalue weighted by Gasteiger charge is -2.12. The van der Waals surface area contributed by atoms with Crippen molar-refractivity contribution in [2.75, 3.05) is 19.0 Å². The van der Waals surface area contributed by atoms with Gasteiger partial charge in [0.1, 0.15) is 23.3 Å². The largest absolute Gasteiger partial charge is 0.484 e. The zero-order chi connectivity index (χ0) is 22.8. The molecule has 166 valence electrons. The van der Waals surface area contributed by atoms with E-state index < -0.39 is 0 Å². The number of benzene rings is 2. The summed E-state index contributed by atoms with van der Waals surface area (Å²) in [5.74, 6) is 1.14. The Kier molecular flexibility index (Phi) is 5.43. The van der Waals surface area contributed by atoms with Crippen LogP contribution in [0.3, 0.4) is 0 Å². The second kappa shape index (κ2) is 8.70. The van der Waals surface area contributed by atoms with Gasteiger partial charge < -0.3 is 15.4 Å². The van der Waals surface area contributed by atoms with Crippen LogP contribution in [0.1, 0.15) is 23.6 Å². The van der Waals surface area contributed by atoms with Gasteiger partial charge in [-0.2, -0.15) is 4.91 Å². The van der Waals surface area contributed by atoms with Gasteiger partial charge in [-0.15, -0.1) is 0 Å². The van der Waals surface area contributed by atoms with Gasteiger partial charge in [-0.05, 0) is 48.2 Å². The highest BCUT2D eigenvalue weighted by Crippen LogP contribution is 2.37. The van der Waals surface area contributed by atoms with Gasteiger partial charge in [-0.25, -0.2) is 4.98 Å². The van der Waals surface area contributed by atoms with Gasteiger partial charge in [0, 0.05) is 30.7 Å². The summed E-state index contributed by atoms with van der Waals surface area (Å²) in [5, 5.41) is 9.27. The van der Waals surface area contributed by atoms with Crippen LogP contribution in [0.25, 0.3) is 16.9 Å². The van der Waals surface area contributed by atoms with Gasteiger partial charge in [0.15, 0.2) is 12.3 Å². The summed E-state index contributed by atoms with van der Waals surface area (Å²) < 4.78 is 7.54. The van der Waals surface area contributed by atoms with Gasteiger partial charge in [0.2, 0.25) is 0 Å². The normalized spacial score (nSPS) is 14.6. The van der Waals surface area contributed by atoms with Crippen molar-refractivity contribution in [1.82, 2.24) is 19.7 Å². The van der Waals surface area contributed by atoms with Crippen LogP contribution < -0.4 is 15.4 Å². The predicted molar refractivity (Wildman–Crippen MR) is 125 cm³/mol. The lowest BCUT2D eigenvalue weighted by atomic mass is 10.1. The van der Waals surface area contributed by atoms with E-state index in [-0.39, 0.29) is 18.6 Å². The average molecular weight is 442 g/mol. The summed E-state index contributed by atoms with van der Waals surface area (Å²) in [6.45, 7) is -0.0636. The Morgan fingerprint density at radius 2 is 2.18 bits per heavy atom. The van der Waals surface area contributed by atoms with Crippen molar-refractivity contribution in [2.24, 2.45) is 5.18 Å². The number of nitrogens with zero attached hydrogens (tertiary/aromatic N) is 4. The molecule has 2 aromatic heterocycles. The van der Waals surface area contributed by atoms with Gasteiger partial charge in [0.05, 0.1) is 6.20 Å². The number of hydrogen-bond donors (Lipinski definition) is 2. The van der Waals surface area contributed by atoms with Crippen LogP contribution in [0.4, 0.5) is 11.5 Å². The third kappa shape index (κ3) is 4.00. The number of imidazole rings is 1.